The second-order valence-electron chi connectivity index (χ2n) is 6.41. The van der Waals surface area contributed by atoms with Crippen LogP contribution in [-0.4, -0.2) is 17.8 Å². The van der Waals surface area contributed by atoms with Crippen molar-refractivity contribution in [3.63, 3.8) is 0 Å². The Bertz CT molecular complexity index is 1130. The number of nitrogens with one attached hydrogen (secondary N) is 1. The van der Waals surface area contributed by atoms with Gasteiger partial charge in [0.1, 0.15) is 6.61 Å². The molecule has 1 N–H and O–H groups in total. The minimum atomic E-state index is 0.472. The molecule has 1 heterocycles. The Balaban J connectivity index is 1.43. The highest BCUT2D eigenvalue weighted by molar-refractivity contribution is 9.10. The van der Waals surface area contributed by atoms with Crippen LogP contribution in [0.2, 0.25) is 0 Å². The van der Waals surface area contributed by atoms with E-state index in [1.54, 1.807) is 17.6 Å². The number of hydrogen-bond donors (Lipinski definition) is 1. The third-order valence-corrected chi connectivity index (χ3v) is 5.71. The number of halogens is 1. The minimum absolute atomic E-state index is 0.472. The molecule has 0 spiro atoms. The number of thiazole rings is 1. The number of fused-ring (bicyclic) bond motifs is 1. The van der Waals surface area contributed by atoms with Crippen molar-refractivity contribution in [3.05, 3.63) is 82.3 Å². The standard InChI is InChI=1S/C23H20BrN3O2S/c1-2-28-21-13-17(9-12-20(21)29-15-16-7-10-18(24)11-8-16)14-25-27-23-26-19-5-3-4-6-22(19)30-23/h3-14H,2,15H2,1H3,(H,26,27)/b25-14-. The summed E-state index contributed by atoms with van der Waals surface area (Å²) in [4.78, 5) is 4.51. The van der Waals surface area contributed by atoms with Gasteiger partial charge in [0.2, 0.25) is 5.13 Å². The fourth-order valence-electron chi connectivity index (χ4n) is 2.82. The van der Waals surface area contributed by atoms with Gasteiger partial charge in [0, 0.05) is 4.47 Å². The highest BCUT2D eigenvalue weighted by atomic mass is 79.9. The van der Waals surface area contributed by atoms with Gasteiger partial charge in [-0.3, -0.25) is 5.43 Å². The molecule has 4 rings (SSSR count). The van der Waals surface area contributed by atoms with Crippen LogP contribution in [0.4, 0.5) is 5.13 Å². The molecule has 0 bridgehead atoms. The third-order valence-electron chi connectivity index (χ3n) is 4.24. The van der Waals surface area contributed by atoms with Crippen LogP contribution in [0.3, 0.4) is 0 Å². The number of nitrogens with zero attached hydrogens (tertiary/aromatic N) is 2. The predicted molar refractivity (Wildman–Crippen MR) is 127 cm³/mol. The predicted octanol–water partition coefficient (Wildman–Crippen LogP) is 6.48. The number of anilines is 1. The third kappa shape index (κ3) is 5.17. The summed E-state index contributed by atoms with van der Waals surface area (Å²) in [7, 11) is 0. The van der Waals surface area contributed by atoms with Crippen LogP contribution in [0.1, 0.15) is 18.1 Å². The molecule has 5 nitrogen and oxygen atoms in total. The van der Waals surface area contributed by atoms with E-state index in [1.165, 1.54) is 0 Å². The van der Waals surface area contributed by atoms with Gasteiger partial charge in [0.05, 0.1) is 23.0 Å². The Kier molecular flexibility index (Phi) is 6.61. The molecule has 0 unspecified atom stereocenters. The van der Waals surface area contributed by atoms with Gasteiger partial charge in [-0.2, -0.15) is 5.10 Å². The van der Waals surface area contributed by atoms with Gasteiger partial charge >= 0.3 is 0 Å². The van der Waals surface area contributed by atoms with Crippen LogP contribution in [0.15, 0.2) is 76.3 Å². The van der Waals surface area contributed by atoms with E-state index in [0.29, 0.717) is 24.7 Å². The molecule has 0 aliphatic rings. The molecule has 0 saturated heterocycles. The SMILES string of the molecule is CCOc1cc(/C=N\Nc2nc3ccccc3s2)ccc1OCc1ccc(Br)cc1. The Hall–Kier alpha value is -2.90. The molecular formula is C23H20BrN3O2S. The van der Waals surface area contributed by atoms with E-state index in [1.807, 2.05) is 73.7 Å². The molecule has 4 aromatic rings. The van der Waals surface area contributed by atoms with Crippen LogP contribution in [0, 0.1) is 0 Å². The molecule has 0 atom stereocenters. The highest BCUT2D eigenvalue weighted by Crippen LogP contribution is 2.29. The van der Waals surface area contributed by atoms with Gasteiger partial charge in [-0.25, -0.2) is 4.98 Å². The molecule has 152 valence electrons. The van der Waals surface area contributed by atoms with Crippen molar-refractivity contribution in [2.24, 2.45) is 5.10 Å². The number of rotatable bonds is 8. The summed E-state index contributed by atoms with van der Waals surface area (Å²) in [6.45, 7) is 2.98. The Labute approximate surface area is 187 Å². The smallest absolute Gasteiger partial charge is 0.204 e. The first-order valence-corrected chi connectivity index (χ1v) is 11.1. The lowest BCUT2D eigenvalue weighted by molar-refractivity contribution is 0.269. The summed E-state index contributed by atoms with van der Waals surface area (Å²) in [5, 5.41) is 5.07. The van der Waals surface area contributed by atoms with Crippen molar-refractivity contribution >= 4 is 48.8 Å². The maximum Gasteiger partial charge on any atom is 0.204 e. The van der Waals surface area contributed by atoms with Crippen molar-refractivity contribution in [2.45, 2.75) is 13.5 Å². The molecule has 0 radical (unpaired) electrons. The molecule has 0 aliphatic carbocycles. The maximum atomic E-state index is 5.97. The fraction of sp³-hybridized carbons (Fsp3) is 0.130. The monoisotopic (exact) mass is 481 g/mol. The summed E-state index contributed by atoms with van der Waals surface area (Å²) in [5.41, 5.74) is 5.96. The van der Waals surface area contributed by atoms with Crippen LogP contribution in [-0.2, 0) is 6.61 Å². The summed E-state index contributed by atoms with van der Waals surface area (Å²) < 4.78 is 13.9. The van der Waals surface area contributed by atoms with Gasteiger partial charge < -0.3 is 9.47 Å². The van der Waals surface area contributed by atoms with E-state index in [2.05, 4.69) is 31.4 Å². The van der Waals surface area contributed by atoms with Crippen LogP contribution >= 0.6 is 27.3 Å². The number of hydrazone groups is 1. The Morgan fingerprint density at radius 1 is 1.03 bits per heavy atom. The summed E-state index contributed by atoms with van der Waals surface area (Å²) in [6, 6.07) is 21.8. The molecule has 0 fully saturated rings. The van der Waals surface area contributed by atoms with Gasteiger partial charge in [-0.1, -0.05) is 51.5 Å². The van der Waals surface area contributed by atoms with Gasteiger partial charge in [0.25, 0.3) is 0 Å². The second-order valence-corrected chi connectivity index (χ2v) is 8.36. The first-order valence-electron chi connectivity index (χ1n) is 9.50. The van der Waals surface area contributed by atoms with Crippen LogP contribution in [0.5, 0.6) is 11.5 Å². The molecule has 0 saturated carbocycles. The molecule has 30 heavy (non-hydrogen) atoms. The molecular weight excluding hydrogens is 462 g/mol. The summed E-state index contributed by atoms with van der Waals surface area (Å²) in [6.07, 6.45) is 1.74. The van der Waals surface area contributed by atoms with Gasteiger partial charge in [0.15, 0.2) is 11.5 Å². The van der Waals surface area contributed by atoms with E-state index in [4.69, 9.17) is 9.47 Å². The average Bonchev–Trinajstić information content (AvgIpc) is 3.17. The maximum absolute atomic E-state index is 5.97. The van der Waals surface area contributed by atoms with E-state index >= 15 is 0 Å². The Morgan fingerprint density at radius 3 is 2.67 bits per heavy atom. The lowest BCUT2D eigenvalue weighted by Gasteiger charge is -2.12. The van der Waals surface area contributed by atoms with E-state index in [9.17, 15) is 0 Å². The largest absolute Gasteiger partial charge is 0.490 e. The number of benzene rings is 3. The molecule has 0 amide bonds. The average molecular weight is 482 g/mol. The zero-order chi connectivity index (χ0) is 20.8. The molecule has 7 heteroatoms. The summed E-state index contributed by atoms with van der Waals surface area (Å²) >= 11 is 5.01. The first-order chi connectivity index (χ1) is 14.7. The number of para-hydroxylation sites is 1. The van der Waals surface area contributed by atoms with Crippen molar-refractivity contribution in [2.75, 3.05) is 12.0 Å². The summed E-state index contributed by atoms with van der Waals surface area (Å²) in [5.74, 6) is 1.40. The van der Waals surface area contributed by atoms with Crippen molar-refractivity contribution < 1.29 is 9.47 Å². The van der Waals surface area contributed by atoms with Gasteiger partial charge in [-0.05, 0) is 60.5 Å². The Morgan fingerprint density at radius 2 is 1.87 bits per heavy atom. The zero-order valence-corrected chi connectivity index (χ0v) is 18.7. The number of ether oxygens (including phenoxy) is 2. The zero-order valence-electron chi connectivity index (χ0n) is 16.3. The lowest BCUT2D eigenvalue weighted by atomic mass is 10.2. The number of hydrogen-bond acceptors (Lipinski definition) is 6. The molecule has 1 aromatic heterocycles. The van der Waals surface area contributed by atoms with E-state index in [0.717, 1.165) is 30.9 Å². The van der Waals surface area contributed by atoms with Crippen molar-refractivity contribution in [1.29, 1.82) is 0 Å². The van der Waals surface area contributed by atoms with E-state index in [-0.39, 0.29) is 0 Å². The highest BCUT2D eigenvalue weighted by Gasteiger charge is 2.07. The lowest BCUT2D eigenvalue weighted by Crippen LogP contribution is -2.00. The van der Waals surface area contributed by atoms with Gasteiger partial charge in [-0.15, -0.1) is 0 Å². The topological polar surface area (TPSA) is 55.7 Å². The normalized spacial score (nSPS) is 11.1. The first kappa shape index (κ1) is 20.4. The second kappa shape index (κ2) is 9.73. The minimum Gasteiger partial charge on any atom is -0.490 e. The fourth-order valence-corrected chi connectivity index (χ4v) is 3.90. The van der Waals surface area contributed by atoms with Crippen molar-refractivity contribution in [3.8, 4) is 11.5 Å². The quantitative estimate of drug-likeness (QED) is 0.231. The van der Waals surface area contributed by atoms with E-state index < -0.39 is 0 Å². The van der Waals surface area contributed by atoms with Crippen LogP contribution in [0.25, 0.3) is 10.2 Å². The van der Waals surface area contributed by atoms with Crippen LogP contribution < -0.4 is 14.9 Å². The molecule has 3 aromatic carbocycles. The number of aromatic nitrogens is 1. The molecule has 0 aliphatic heterocycles. The van der Waals surface area contributed by atoms with Crippen molar-refractivity contribution in [1.82, 2.24) is 4.98 Å².